The van der Waals surface area contributed by atoms with Crippen LogP contribution in [0.1, 0.15) is 6.42 Å². The highest BCUT2D eigenvalue weighted by Gasteiger charge is 2.27. The molecule has 0 atom stereocenters. The first-order valence-electron chi connectivity index (χ1n) is 6.61. The molecule has 2 heterocycles. The molecule has 0 fully saturated rings. The minimum atomic E-state index is -4.33. The Hall–Kier alpha value is -2.35. The van der Waals surface area contributed by atoms with Crippen LogP contribution in [0.5, 0.6) is 0 Å². The van der Waals surface area contributed by atoms with E-state index in [1.165, 1.54) is 10.9 Å². The van der Waals surface area contributed by atoms with Gasteiger partial charge in [-0.25, -0.2) is 9.67 Å². The number of aromatic nitrogens is 4. The molecule has 0 N–H and O–H groups in total. The van der Waals surface area contributed by atoms with Crippen LogP contribution >= 0.6 is 11.6 Å². The van der Waals surface area contributed by atoms with Crippen LogP contribution in [0.2, 0.25) is 5.02 Å². The van der Waals surface area contributed by atoms with Gasteiger partial charge in [0.25, 0.3) is 5.56 Å². The smallest absolute Gasteiger partial charge is 0.298 e. The van der Waals surface area contributed by atoms with E-state index in [2.05, 4.69) is 10.1 Å². The summed E-state index contributed by atoms with van der Waals surface area (Å²) in [4.78, 5) is 16.3. The monoisotopic (exact) mass is 342 g/mol. The molecule has 0 aliphatic rings. The molecular weight excluding hydrogens is 333 g/mol. The average Bonchev–Trinajstić information content (AvgIpc) is 2.90. The summed E-state index contributed by atoms with van der Waals surface area (Å²) >= 11 is 5.92. The summed E-state index contributed by atoms with van der Waals surface area (Å²) in [5, 5.41) is 4.72. The van der Waals surface area contributed by atoms with Crippen molar-refractivity contribution in [2.45, 2.75) is 19.1 Å². The summed E-state index contributed by atoms with van der Waals surface area (Å²) < 4.78 is 39.2. The second-order valence-electron chi connectivity index (χ2n) is 4.88. The van der Waals surface area contributed by atoms with Gasteiger partial charge in [0.05, 0.1) is 24.6 Å². The van der Waals surface area contributed by atoms with E-state index >= 15 is 0 Å². The van der Waals surface area contributed by atoms with Gasteiger partial charge in [-0.15, -0.1) is 0 Å². The van der Waals surface area contributed by atoms with Crippen molar-refractivity contribution in [3.05, 3.63) is 52.2 Å². The summed E-state index contributed by atoms with van der Waals surface area (Å²) in [7, 11) is 0. The van der Waals surface area contributed by atoms with Crippen LogP contribution in [0, 0.1) is 0 Å². The molecular formula is C14H10ClF3N4O. The molecule has 0 amide bonds. The van der Waals surface area contributed by atoms with Crippen molar-refractivity contribution in [1.82, 2.24) is 19.3 Å². The lowest BCUT2D eigenvalue weighted by atomic mass is 10.3. The molecule has 5 nitrogen and oxygen atoms in total. The summed E-state index contributed by atoms with van der Waals surface area (Å²) in [5.41, 5.74) is 0.306. The number of alkyl halides is 3. The van der Waals surface area contributed by atoms with E-state index in [-0.39, 0.29) is 11.0 Å². The third kappa shape index (κ3) is 3.21. The minimum Gasteiger partial charge on any atom is -0.298 e. The zero-order valence-electron chi connectivity index (χ0n) is 11.6. The second-order valence-corrected chi connectivity index (χ2v) is 5.32. The number of hydrogen-bond acceptors (Lipinski definition) is 3. The van der Waals surface area contributed by atoms with Crippen LogP contribution in [0.4, 0.5) is 13.2 Å². The van der Waals surface area contributed by atoms with Gasteiger partial charge in [-0.05, 0) is 18.2 Å². The van der Waals surface area contributed by atoms with E-state index in [0.717, 1.165) is 10.9 Å². The topological polar surface area (TPSA) is 52.7 Å². The number of fused-ring (bicyclic) bond motifs is 1. The Morgan fingerprint density at radius 2 is 2.04 bits per heavy atom. The summed E-state index contributed by atoms with van der Waals surface area (Å²) in [6.45, 7) is -0.479. The zero-order chi connectivity index (χ0) is 16.6. The zero-order valence-corrected chi connectivity index (χ0v) is 12.3. The molecule has 9 heteroatoms. The van der Waals surface area contributed by atoms with Gasteiger partial charge in [-0.3, -0.25) is 9.36 Å². The Balaban J connectivity index is 2.03. The molecule has 3 rings (SSSR count). The molecule has 3 aromatic rings. The van der Waals surface area contributed by atoms with Crippen LogP contribution < -0.4 is 5.56 Å². The van der Waals surface area contributed by atoms with Gasteiger partial charge >= 0.3 is 6.18 Å². The molecule has 23 heavy (non-hydrogen) atoms. The summed E-state index contributed by atoms with van der Waals surface area (Å²) in [6, 6.07) is 6.78. The molecule has 0 aliphatic heterocycles. The Kier molecular flexibility index (Phi) is 3.85. The van der Waals surface area contributed by atoms with Crippen LogP contribution in [-0.2, 0) is 6.54 Å². The lowest BCUT2D eigenvalue weighted by Gasteiger charge is -2.08. The van der Waals surface area contributed by atoms with Gasteiger partial charge in [0.15, 0.2) is 5.65 Å². The van der Waals surface area contributed by atoms with Gasteiger partial charge in [-0.2, -0.15) is 18.3 Å². The van der Waals surface area contributed by atoms with Gasteiger partial charge in [-0.1, -0.05) is 17.7 Å². The fourth-order valence-electron chi connectivity index (χ4n) is 2.15. The maximum atomic E-state index is 12.3. The predicted molar refractivity (Wildman–Crippen MR) is 78.8 cm³/mol. The fraction of sp³-hybridized carbons (Fsp3) is 0.214. The first kappa shape index (κ1) is 15.5. The molecule has 0 spiro atoms. The number of halogens is 4. The van der Waals surface area contributed by atoms with Crippen molar-refractivity contribution < 1.29 is 13.2 Å². The molecule has 1 aromatic carbocycles. The van der Waals surface area contributed by atoms with Crippen molar-refractivity contribution in [3.8, 4) is 5.69 Å². The van der Waals surface area contributed by atoms with Crippen LogP contribution in [0.25, 0.3) is 16.7 Å². The van der Waals surface area contributed by atoms with Gasteiger partial charge in [0, 0.05) is 11.6 Å². The quantitative estimate of drug-likeness (QED) is 0.734. The Morgan fingerprint density at radius 3 is 2.74 bits per heavy atom. The van der Waals surface area contributed by atoms with Crippen molar-refractivity contribution in [2.75, 3.05) is 0 Å². The second kappa shape index (κ2) is 5.69. The number of benzene rings is 1. The highest BCUT2D eigenvalue weighted by atomic mass is 35.5. The maximum absolute atomic E-state index is 12.3. The highest BCUT2D eigenvalue weighted by Crippen LogP contribution is 2.20. The molecule has 0 saturated carbocycles. The first-order chi connectivity index (χ1) is 10.8. The van der Waals surface area contributed by atoms with Crippen LogP contribution in [-0.4, -0.2) is 25.5 Å². The maximum Gasteiger partial charge on any atom is 0.390 e. The van der Waals surface area contributed by atoms with Crippen molar-refractivity contribution in [2.24, 2.45) is 0 Å². The van der Waals surface area contributed by atoms with Crippen LogP contribution in [0.15, 0.2) is 41.6 Å². The van der Waals surface area contributed by atoms with Crippen molar-refractivity contribution >= 4 is 22.6 Å². The SMILES string of the molecule is O=c1c2cnn(-c3cccc(Cl)c3)c2ncn1CCC(F)(F)F. The highest BCUT2D eigenvalue weighted by molar-refractivity contribution is 6.30. The van der Waals surface area contributed by atoms with E-state index in [9.17, 15) is 18.0 Å². The third-order valence-electron chi connectivity index (χ3n) is 3.24. The van der Waals surface area contributed by atoms with Gasteiger partial charge in [0.1, 0.15) is 5.39 Å². The lowest BCUT2D eigenvalue weighted by Crippen LogP contribution is -2.23. The molecule has 0 unspecified atom stereocenters. The standard InChI is InChI=1S/C14H10ClF3N4O/c15-9-2-1-3-10(6-9)22-12-11(7-20-22)13(23)21(8-19-12)5-4-14(16,17)18/h1-3,6-8H,4-5H2. The molecule has 0 saturated heterocycles. The molecule has 120 valence electrons. The van der Waals surface area contributed by atoms with E-state index in [1.54, 1.807) is 24.3 Å². The van der Waals surface area contributed by atoms with Gasteiger partial charge < -0.3 is 0 Å². The first-order valence-corrected chi connectivity index (χ1v) is 6.99. The molecule has 2 aromatic heterocycles. The minimum absolute atomic E-state index is 0.148. The lowest BCUT2D eigenvalue weighted by molar-refractivity contribution is -0.136. The van der Waals surface area contributed by atoms with E-state index < -0.39 is 24.7 Å². The normalized spacial score (nSPS) is 12.0. The van der Waals surface area contributed by atoms with Gasteiger partial charge in [0.2, 0.25) is 0 Å². The van der Waals surface area contributed by atoms with E-state index in [1.807, 2.05) is 0 Å². The predicted octanol–water partition coefficient (Wildman–Crippen LogP) is 3.19. The van der Waals surface area contributed by atoms with E-state index in [4.69, 9.17) is 11.6 Å². The third-order valence-corrected chi connectivity index (χ3v) is 3.48. The molecule has 0 aliphatic carbocycles. The molecule has 0 radical (unpaired) electrons. The summed E-state index contributed by atoms with van der Waals surface area (Å²) in [5.74, 6) is 0. The summed E-state index contributed by atoms with van der Waals surface area (Å²) in [6.07, 6.45) is -3.04. The fourth-order valence-corrected chi connectivity index (χ4v) is 2.34. The van der Waals surface area contributed by atoms with Crippen LogP contribution in [0.3, 0.4) is 0 Å². The Labute approximate surface area is 132 Å². The number of rotatable bonds is 3. The Morgan fingerprint density at radius 1 is 1.26 bits per heavy atom. The van der Waals surface area contributed by atoms with Crippen molar-refractivity contribution in [1.29, 1.82) is 0 Å². The number of hydrogen-bond donors (Lipinski definition) is 0. The largest absolute Gasteiger partial charge is 0.390 e. The van der Waals surface area contributed by atoms with Crippen molar-refractivity contribution in [3.63, 3.8) is 0 Å². The molecule has 0 bridgehead atoms. The number of nitrogens with zero attached hydrogens (tertiary/aromatic N) is 4. The number of aryl methyl sites for hydroxylation is 1. The Bertz CT molecular complexity index is 916. The average molecular weight is 343 g/mol. The van der Waals surface area contributed by atoms with E-state index in [0.29, 0.717) is 10.7 Å².